The van der Waals surface area contributed by atoms with Crippen LogP contribution in [0, 0.1) is 15.9 Å². The average molecular weight is 539 g/mol. The number of aromatic nitrogens is 1. The summed E-state index contributed by atoms with van der Waals surface area (Å²) in [7, 11) is 3.03. The quantitative estimate of drug-likeness (QED) is 0.116. The zero-order valence-electron chi connectivity index (χ0n) is 22.0. The van der Waals surface area contributed by atoms with E-state index in [0.717, 1.165) is 46.1 Å². The van der Waals surface area contributed by atoms with Gasteiger partial charge in [0.25, 0.3) is 5.09 Å². The Labute approximate surface area is 225 Å². The van der Waals surface area contributed by atoms with Crippen LogP contribution in [0.3, 0.4) is 0 Å². The van der Waals surface area contributed by atoms with Crippen molar-refractivity contribution in [2.24, 2.45) is 0 Å². The second-order valence-corrected chi connectivity index (χ2v) is 9.40. The average Bonchev–Trinajstić information content (AvgIpc) is 3.75. The first-order valence-electron chi connectivity index (χ1n) is 12.7. The number of hydrogen-bond acceptors (Lipinski definition) is 8. The van der Waals surface area contributed by atoms with E-state index in [1.165, 1.54) is 26.2 Å². The molecule has 206 valence electrons. The third kappa shape index (κ3) is 7.36. The van der Waals surface area contributed by atoms with Gasteiger partial charge in [-0.1, -0.05) is 42.5 Å². The monoisotopic (exact) mass is 538 g/mol. The van der Waals surface area contributed by atoms with Gasteiger partial charge in [0.05, 0.1) is 29.8 Å². The minimum Gasteiger partial charge on any atom is -0.435 e. The van der Waals surface area contributed by atoms with Gasteiger partial charge in [0.1, 0.15) is 5.82 Å². The van der Waals surface area contributed by atoms with Crippen LogP contribution in [0.4, 0.5) is 4.39 Å². The molecule has 1 unspecified atom stereocenters. The molecule has 0 aliphatic heterocycles. The molecule has 0 N–H and O–H groups in total. The molecular weight excluding hydrogens is 507 g/mol. The van der Waals surface area contributed by atoms with E-state index in [1.807, 2.05) is 36.4 Å². The number of halogens is 1. The molecule has 3 atom stereocenters. The SMILES string of the molecule is CO[C@@H](CC(=O)OC(C)O[N+](=O)[O-])C[C@@H](/C=C/c1c(C2CC2)nc2ccccc2c1-c1ccc(F)cc1)OC. The van der Waals surface area contributed by atoms with Gasteiger partial charge in [-0.3, -0.25) is 14.6 Å². The summed E-state index contributed by atoms with van der Waals surface area (Å²) >= 11 is 0. The molecule has 2 aromatic carbocycles. The zero-order valence-corrected chi connectivity index (χ0v) is 22.0. The predicted molar refractivity (Wildman–Crippen MR) is 143 cm³/mol. The van der Waals surface area contributed by atoms with Gasteiger partial charge in [-0.05, 0) is 43.5 Å². The Morgan fingerprint density at radius 3 is 2.51 bits per heavy atom. The molecular formula is C29H31FN2O7. The van der Waals surface area contributed by atoms with Crippen molar-refractivity contribution in [2.75, 3.05) is 14.2 Å². The van der Waals surface area contributed by atoms with Gasteiger partial charge in [0.2, 0.25) is 6.29 Å². The van der Waals surface area contributed by atoms with Crippen molar-refractivity contribution in [3.05, 3.63) is 81.8 Å². The van der Waals surface area contributed by atoms with Gasteiger partial charge >= 0.3 is 5.97 Å². The molecule has 39 heavy (non-hydrogen) atoms. The lowest BCUT2D eigenvalue weighted by molar-refractivity contribution is -0.777. The molecule has 10 heteroatoms. The maximum Gasteiger partial charge on any atom is 0.310 e. The van der Waals surface area contributed by atoms with E-state index in [0.29, 0.717) is 12.3 Å². The van der Waals surface area contributed by atoms with E-state index in [-0.39, 0.29) is 12.2 Å². The van der Waals surface area contributed by atoms with E-state index in [4.69, 9.17) is 19.2 Å². The predicted octanol–water partition coefficient (Wildman–Crippen LogP) is 5.84. The van der Waals surface area contributed by atoms with Crippen molar-refractivity contribution < 1.29 is 33.3 Å². The second kappa shape index (κ2) is 12.8. The number of rotatable bonds is 13. The Bertz CT molecular complexity index is 1340. The Morgan fingerprint density at radius 2 is 1.87 bits per heavy atom. The third-order valence-electron chi connectivity index (χ3n) is 6.59. The number of ether oxygens (including phenoxy) is 3. The number of hydrogen-bond donors (Lipinski definition) is 0. The van der Waals surface area contributed by atoms with Crippen LogP contribution in [0.5, 0.6) is 0 Å². The van der Waals surface area contributed by atoms with Crippen LogP contribution in [0.1, 0.15) is 49.8 Å². The summed E-state index contributed by atoms with van der Waals surface area (Å²) in [6.45, 7) is 1.26. The molecule has 4 rings (SSSR count). The van der Waals surface area contributed by atoms with Crippen LogP contribution in [0.15, 0.2) is 54.6 Å². The van der Waals surface area contributed by atoms with E-state index in [9.17, 15) is 19.3 Å². The van der Waals surface area contributed by atoms with Crippen LogP contribution in [0.25, 0.3) is 28.1 Å². The van der Waals surface area contributed by atoms with Crippen molar-refractivity contribution in [3.63, 3.8) is 0 Å². The standard InChI is InChI=1S/C29H31FN2O7/c1-18(39-32(34)35)38-27(33)17-23(37-3)16-22(36-2)14-15-25-28(19-10-12-21(30)13-11-19)24-6-4-5-7-26(24)31-29(25)20-8-9-20/h4-7,10-15,18,20,22-23H,8-9,16-17H2,1-3H3/b15-14+/t18?,22-,23-/m1/s1. The highest BCUT2D eigenvalue weighted by molar-refractivity contribution is 5.99. The Balaban J connectivity index is 1.62. The topological polar surface area (TPSA) is 110 Å². The minimum absolute atomic E-state index is 0.138. The minimum atomic E-state index is -1.32. The summed E-state index contributed by atoms with van der Waals surface area (Å²) < 4.78 is 29.9. The summed E-state index contributed by atoms with van der Waals surface area (Å²) in [5, 5.41) is 10.4. The summed E-state index contributed by atoms with van der Waals surface area (Å²) in [5.74, 6) is -0.651. The third-order valence-corrected chi connectivity index (χ3v) is 6.59. The molecule has 1 aliphatic rings. The Hall–Kier alpha value is -3.89. The first kappa shape index (κ1) is 28.1. The van der Waals surface area contributed by atoms with Gasteiger partial charge in [0.15, 0.2) is 0 Å². The van der Waals surface area contributed by atoms with E-state index < -0.39 is 29.6 Å². The fourth-order valence-corrected chi connectivity index (χ4v) is 4.55. The lowest BCUT2D eigenvalue weighted by atomic mass is 9.92. The molecule has 3 aromatic rings. The normalized spacial score (nSPS) is 15.7. The fraction of sp³-hybridized carbons (Fsp3) is 0.379. The number of fused-ring (bicyclic) bond motifs is 1. The molecule has 0 amide bonds. The molecule has 0 radical (unpaired) electrons. The van der Waals surface area contributed by atoms with Crippen molar-refractivity contribution in [2.45, 2.75) is 57.0 Å². The smallest absolute Gasteiger partial charge is 0.310 e. The molecule has 1 aliphatic carbocycles. The number of carbonyl (C=O) groups excluding carboxylic acids is 1. The number of para-hydroxylation sites is 1. The fourth-order valence-electron chi connectivity index (χ4n) is 4.55. The summed E-state index contributed by atoms with van der Waals surface area (Å²) in [6, 6.07) is 14.4. The lowest BCUT2D eigenvalue weighted by Crippen LogP contribution is -2.27. The number of benzene rings is 2. The maximum atomic E-state index is 13.8. The highest BCUT2D eigenvalue weighted by atomic mass is 19.1. The van der Waals surface area contributed by atoms with Crippen LogP contribution in [0.2, 0.25) is 0 Å². The van der Waals surface area contributed by atoms with Gasteiger partial charge in [-0.2, -0.15) is 0 Å². The molecule has 1 fully saturated rings. The van der Waals surface area contributed by atoms with Gasteiger partial charge in [-0.25, -0.2) is 4.39 Å². The van der Waals surface area contributed by atoms with Crippen LogP contribution < -0.4 is 0 Å². The number of nitrogens with zero attached hydrogens (tertiary/aromatic N) is 2. The highest BCUT2D eigenvalue weighted by Gasteiger charge is 2.30. The lowest BCUT2D eigenvalue weighted by Gasteiger charge is -2.20. The molecule has 9 nitrogen and oxygen atoms in total. The van der Waals surface area contributed by atoms with Gasteiger partial charge < -0.3 is 14.2 Å². The first-order chi connectivity index (χ1) is 18.8. The van der Waals surface area contributed by atoms with Crippen LogP contribution in [-0.2, 0) is 23.8 Å². The summed E-state index contributed by atoms with van der Waals surface area (Å²) in [4.78, 5) is 31.9. The van der Waals surface area contributed by atoms with E-state index >= 15 is 0 Å². The Morgan fingerprint density at radius 1 is 1.15 bits per heavy atom. The number of methoxy groups -OCH3 is 2. The van der Waals surface area contributed by atoms with E-state index in [2.05, 4.69) is 4.84 Å². The van der Waals surface area contributed by atoms with E-state index in [1.54, 1.807) is 19.2 Å². The van der Waals surface area contributed by atoms with Gasteiger partial charge in [-0.15, -0.1) is 10.1 Å². The van der Waals surface area contributed by atoms with Crippen molar-refractivity contribution >= 4 is 22.9 Å². The molecule has 0 saturated heterocycles. The number of pyridine rings is 1. The second-order valence-electron chi connectivity index (χ2n) is 9.40. The largest absolute Gasteiger partial charge is 0.435 e. The molecule has 0 spiro atoms. The van der Waals surface area contributed by atoms with Crippen molar-refractivity contribution in [1.29, 1.82) is 0 Å². The van der Waals surface area contributed by atoms with Gasteiger partial charge in [0, 0.05) is 43.1 Å². The zero-order chi connectivity index (χ0) is 27.9. The number of carbonyl (C=O) groups is 1. The highest BCUT2D eigenvalue weighted by Crippen LogP contribution is 2.45. The first-order valence-corrected chi connectivity index (χ1v) is 12.7. The summed E-state index contributed by atoms with van der Waals surface area (Å²) in [6.07, 6.45) is 3.87. The molecule has 1 saturated carbocycles. The van der Waals surface area contributed by atoms with Crippen molar-refractivity contribution in [3.8, 4) is 11.1 Å². The van der Waals surface area contributed by atoms with Crippen LogP contribution in [-0.4, -0.2) is 48.8 Å². The number of esters is 1. The Kier molecular flexibility index (Phi) is 9.21. The van der Waals surface area contributed by atoms with Crippen LogP contribution >= 0.6 is 0 Å². The van der Waals surface area contributed by atoms with Crippen molar-refractivity contribution in [1.82, 2.24) is 4.98 Å². The molecule has 1 heterocycles. The maximum absolute atomic E-state index is 13.8. The molecule has 1 aromatic heterocycles. The summed E-state index contributed by atoms with van der Waals surface area (Å²) in [5.41, 5.74) is 4.68. The molecule has 0 bridgehead atoms.